The van der Waals surface area contributed by atoms with E-state index in [0.717, 1.165) is 4.68 Å². The van der Waals surface area contributed by atoms with Crippen LogP contribution in [0.4, 0.5) is 4.39 Å². The molecule has 0 unspecified atom stereocenters. The molecular weight excluding hydrogens is 303 g/mol. The van der Waals surface area contributed by atoms with Crippen LogP contribution in [0.25, 0.3) is 5.69 Å². The molecule has 0 atom stereocenters. The van der Waals surface area contributed by atoms with Gasteiger partial charge in [-0.1, -0.05) is 0 Å². The van der Waals surface area contributed by atoms with Gasteiger partial charge in [-0.25, -0.2) is 4.39 Å². The Balaban J connectivity index is 2.55. The highest BCUT2D eigenvalue weighted by Gasteiger charge is 2.11. The van der Waals surface area contributed by atoms with Crippen molar-refractivity contribution < 1.29 is 9.13 Å². The van der Waals surface area contributed by atoms with Gasteiger partial charge in [-0.3, -0.25) is 4.79 Å². The van der Waals surface area contributed by atoms with Gasteiger partial charge in [-0.05, 0) is 47.1 Å². The fraction of sp³-hybridized carbons (Fsp3) is 0.167. The molecule has 0 aliphatic rings. The quantitative estimate of drug-likeness (QED) is 0.875. The number of nitrogens with zero attached hydrogens (tertiary/aromatic N) is 2. The lowest BCUT2D eigenvalue weighted by Gasteiger charge is -2.08. The van der Waals surface area contributed by atoms with Crippen molar-refractivity contribution in [1.29, 1.82) is 0 Å². The van der Waals surface area contributed by atoms with Gasteiger partial charge in [0.25, 0.3) is 0 Å². The Hall–Kier alpha value is -1.69. The Morgan fingerprint density at radius 3 is 2.67 bits per heavy atom. The van der Waals surface area contributed by atoms with Crippen molar-refractivity contribution in [2.45, 2.75) is 6.92 Å². The zero-order chi connectivity index (χ0) is 13.1. The Labute approximate surface area is 111 Å². The van der Waals surface area contributed by atoms with Crippen LogP contribution < -0.4 is 10.3 Å². The van der Waals surface area contributed by atoms with E-state index in [2.05, 4.69) is 21.0 Å². The molecule has 0 bridgehead atoms. The number of benzene rings is 1. The molecule has 0 amide bonds. The van der Waals surface area contributed by atoms with E-state index < -0.39 is 5.56 Å². The van der Waals surface area contributed by atoms with Crippen LogP contribution in [0, 0.1) is 5.82 Å². The van der Waals surface area contributed by atoms with Gasteiger partial charge in [0.05, 0.1) is 23.0 Å². The maximum absolute atomic E-state index is 12.8. The first-order valence-electron chi connectivity index (χ1n) is 5.30. The lowest BCUT2D eigenvalue weighted by molar-refractivity contribution is 0.330. The van der Waals surface area contributed by atoms with Crippen molar-refractivity contribution in [3.63, 3.8) is 0 Å². The average molecular weight is 313 g/mol. The van der Waals surface area contributed by atoms with Gasteiger partial charge in [0.15, 0.2) is 0 Å². The van der Waals surface area contributed by atoms with Gasteiger partial charge in [0.1, 0.15) is 5.82 Å². The Morgan fingerprint density at radius 2 is 2.06 bits per heavy atom. The summed E-state index contributed by atoms with van der Waals surface area (Å²) < 4.78 is 19.7. The third kappa shape index (κ3) is 2.43. The molecule has 1 aromatic heterocycles. The van der Waals surface area contributed by atoms with E-state index in [1.165, 1.54) is 30.5 Å². The van der Waals surface area contributed by atoms with Crippen molar-refractivity contribution in [3.8, 4) is 11.4 Å². The third-order valence-electron chi connectivity index (χ3n) is 2.25. The molecule has 2 rings (SSSR count). The fourth-order valence-corrected chi connectivity index (χ4v) is 1.83. The molecule has 0 aliphatic carbocycles. The highest BCUT2D eigenvalue weighted by Crippen LogP contribution is 2.19. The van der Waals surface area contributed by atoms with E-state index in [-0.39, 0.29) is 11.6 Å². The van der Waals surface area contributed by atoms with Crippen molar-refractivity contribution in [2.75, 3.05) is 6.61 Å². The van der Waals surface area contributed by atoms with Gasteiger partial charge in [-0.15, -0.1) is 0 Å². The van der Waals surface area contributed by atoms with Crippen molar-refractivity contribution >= 4 is 15.9 Å². The average Bonchev–Trinajstić information content (AvgIpc) is 2.36. The number of rotatable bonds is 3. The molecule has 0 spiro atoms. The SMILES string of the molecule is CCOc1c(Br)cnn(-c2ccc(F)cc2)c1=O. The number of ether oxygens (including phenoxy) is 1. The second-order valence-electron chi connectivity index (χ2n) is 3.45. The highest BCUT2D eigenvalue weighted by atomic mass is 79.9. The molecule has 94 valence electrons. The first kappa shape index (κ1) is 12.8. The minimum absolute atomic E-state index is 0.192. The van der Waals surface area contributed by atoms with Crippen LogP contribution in [-0.4, -0.2) is 16.4 Å². The van der Waals surface area contributed by atoms with Crippen LogP contribution in [0.3, 0.4) is 0 Å². The van der Waals surface area contributed by atoms with Crippen LogP contribution in [0.5, 0.6) is 5.75 Å². The van der Waals surface area contributed by atoms with Crippen LogP contribution in [-0.2, 0) is 0 Å². The van der Waals surface area contributed by atoms with E-state index in [1.807, 2.05) is 0 Å². The standard InChI is InChI=1S/C12H10BrFN2O2/c1-2-18-11-10(13)7-15-16(12(11)17)9-5-3-8(14)4-6-9/h3-7H,2H2,1H3. The molecule has 1 aromatic carbocycles. The maximum Gasteiger partial charge on any atom is 0.314 e. The Kier molecular flexibility index (Phi) is 3.76. The smallest absolute Gasteiger partial charge is 0.314 e. The summed E-state index contributed by atoms with van der Waals surface area (Å²) >= 11 is 3.21. The lowest BCUT2D eigenvalue weighted by atomic mass is 10.3. The highest BCUT2D eigenvalue weighted by molar-refractivity contribution is 9.10. The maximum atomic E-state index is 12.8. The molecule has 0 radical (unpaired) electrons. The zero-order valence-corrected chi connectivity index (χ0v) is 11.1. The molecule has 2 aromatic rings. The monoisotopic (exact) mass is 312 g/mol. The fourth-order valence-electron chi connectivity index (χ4n) is 1.46. The third-order valence-corrected chi connectivity index (χ3v) is 2.81. The van der Waals surface area contributed by atoms with Gasteiger partial charge < -0.3 is 4.74 Å². The van der Waals surface area contributed by atoms with E-state index in [1.54, 1.807) is 6.92 Å². The number of hydrogen-bond acceptors (Lipinski definition) is 3. The van der Waals surface area contributed by atoms with E-state index >= 15 is 0 Å². The molecule has 0 fully saturated rings. The number of halogens is 2. The van der Waals surface area contributed by atoms with E-state index in [4.69, 9.17) is 4.74 Å². The summed E-state index contributed by atoms with van der Waals surface area (Å²) in [7, 11) is 0. The molecule has 4 nitrogen and oxygen atoms in total. The molecule has 0 saturated carbocycles. The second-order valence-corrected chi connectivity index (χ2v) is 4.30. The Bertz CT molecular complexity index is 610. The van der Waals surface area contributed by atoms with Crippen LogP contribution in [0.15, 0.2) is 39.7 Å². The van der Waals surface area contributed by atoms with E-state index in [9.17, 15) is 9.18 Å². The van der Waals surface area contributed by atoms with Crippen LogP contribution in [0.1, 0.15) is 6.92 Å². The minimum atomic E-state index is -0.391. The lowest BCUT2D eigenvalue weighted by Crippen LogP contribution is -2.23. The largest absolute Gasteiger partial charge is 0.487 e. The predicted molar refractivity (Wildman–Crippen MR) is 68.7 cm³/mol. The molecule has 6 heteroatoms. The molecule has 0 aliphatic heterocycles. The van der Waals surface area contributed by atoms with Gasteiger partial charge in [0, 0.05) is 0 Å². The van der Waals surface area contributed by atoms with Crippen molar-refractivity contribution in [2.24, 2.45) is 0 Å². The predicted octanol–water partition coefficient (Wildman–Crippen LogP) is 2.53. The zero-order valence-electron chi connectivity index (χ0n) is 9.56. The van der Waals surface area contributed by atoms with Crippen molar-refractivity contribution in [1.82, 2.24) is 9.78 Å². The molecule has 0 N–H and O–H groups in total. The molecule has 1 heterocycles. The van der Waals surface area contributed by atoms with Crippen molar-refractivity contribution in [3.05, 3.63) is 51.1 Å². The summed E-state index contributed by atoms with van der Waals surface area (Å²) in [6.07, 6.45) is 1.47. The van der Waals surface area contributed by atoms with Gasteiger partial charge in [-0.2, -0.15) is 9.78 Å². The molecule has 18 heavy (non-hydrogen) atoms. The summed E-state index contributed by atoms with van der Waals surface area (Å²) in [5, 5.41) is 3.98. The summed E-state index contributed by atoms with van der Waals surface area (Å²) in [5.74, 6) is -0.175. The minimum Gasteiger partial charge on any atom is -0.487 e. The summed E-state index contributed by atoms with van der Waals surface area (Å²) in [4.78, 5) is 12.1. The number of aromatic nitrogens is 2. The summed E-state index contributed by atoms with van der Waals surface area (Å²) in [5.41, 5.74) is 0.0905. The first-order valence-corrected chi connectivity index (χ1v) is 6.09. The first-order chi connectivity index (χ1) is 8.63. The normalized spacial score (nSPS) is 10.4. The molecule has 0 saturated heterocycles. The summed E-state index contributed by atoms with van der Waals surface area (Å²) in [6, 6.07) is 5.50. The second kappa shape index (κ2) is 5.30. The Morgan fingerprint density at radius 1 is 1.39 bits per heavy atom. The van der Waals surface area contributed by atoms with E-state index in [0.29, 0.717) is 16.8 Å². The van der Waals surface area contributed by atoms with Crippen LogP contribution in [0.2, 0.25) is 0 Å². The number of hydrogen-bond donors (Lipinski definition) is 0. The van der Waals surface area contributed by atoms with Gasteiger partial charge in [0.2, 0.25) is 5.75 Å². The van der Waals surface area contributed by atoms with Gasteiger partial charge >= 0.3 is 5.56 Å². The topological polar surface area (TPSA) is 44.1 Å². The van der Waals surface area contributed by atoms with Crippen LogP contribution >= 0.6 is 15.9 Å². The molecular formula is C12H10BrFN2O2. The summed E-state index contributed by atoms with van der Waals surface area (Å²) in [6.45, 7) is 2.16.